The molecule has 11 heteroatoms. The lowest BCUT2D eigenvalue weighted by Gasteiger charge is -2.34. The summed E-state index contributed by atoms with van der Waals surface area (Å²) >= 11 is 3.47. The summed E-state index contributed by atoms with van der Waals surface area (Å²) in [6, 6.07) is 14.6. The first-order valence-electron chi connectivity index (χ1n) is 15.3. The molecule has 2 atom stereocenters. The van der Waals surface area contributed by atoms with Crippen LogP contribution < -0.4 is 15.6 Å². The van der Waals surface area contributed by atoms with E-state index in [1.165, 1.54) is 0 Å². The van der Waals surface area contributed by atoms with Crippen LogP contribution in [0.2, 0.25) is 0 Å². The number of amides is 1. The molecule has 0 spiro atoms. The third kappa shape index (κ3) is 9.03. The zero-order valence-electron chi connectivity index (χ0n) is 25.7. The Morgan fingerprint density at radius 2 is 1.75 bits per heavy atom. The molecule has 44 heavy (non-hydrogen) atoms. The maximum Gasteiger partial charge on any atom is 0.306 e. The van der Waals surface area contributed by atoms with E-state index >= 15 is 0 Å². The Hall–Kier alpha value is -2.99. The van der Waals surface area contributed by atoms with E-state index in [4.69, 9.17) is 24.3 Å². The van der Waals surface area contributed by atoms with Gasteiger partial charge in [-0.3, -0.25) is 15.0 Å². The molecule has 2 aromatic carbocycles. The molecule has 0 aromatic heterocycles. The Morgan fingerprint density at radius 1 is 1.07 bits per heavy atom. The van der Waals surface area contributed by atoms with Crippen LogP contribution >= 0.6 is 15.9 Å². The van der Waals surface area contributed by atoms with Crippen LogP contribution in [0, 0.1) is 0 Å². The minimum absolute atomic E-state index is 0.0201. The molecule has 2 aromatic rings. The van der Waals surface area contributed by atoms with E-state index in [1.54, 1.807) is 45.0 Å². The predicted molar refractivity (Wildman–Crippen MR) is 170 cm³/mol. The molecule has 1 amide bonds. The molecule has 1 aliphatic heterocycles. The first kappa shape index (κ1) is 33.9. The molecular weight excluding hydrogens is 630 g/mol. The van der Waals surface area contributed by atoms with Crippen LogP contribution in [0.3, 0.4) is 0 Å². The summed E-state index contributed by atoms with van der Waals surface area (Å²) in [5.74, 6) is -0.0433. The Balaban J connectivity index is 1.66. The van der Waals surface area contributed by atoms with Crippen molar-refractivity contribution in [1.29, 1.82) is 0 Å². The minimum atomic E-state index is -1.53. The molecule has 0 saturated heterocycles. The van der Waals surface area contributed by atoms with Crippen molar-refractivity contribution >= 4 is 33.7 Å². The number of carbonyl (C=O) groups is 2. The van der Waals surface area contributed by atoms with E-state index in [0.29, 0.717) is 42.7 Å². The number of aliphatic hydroxyl groups excluding tert-OH is 1. The number of aliphatic hydroxyl groups is 2. The van der Waals surface area contributed by atoms with Gasteiger partial charge >= 0.3 is 5.97 Å². The van der Waals surface area contributed by atoms with Gasteiger partial charge in [-0.2, -0.15) is 0 Å². The molecule has 4 N–H and O–H groups in total. The Bertz CT molecular complexity index is 1290. The van der Waals surface area contributed by atoms with Crippen LogP contribution in [-0.4, -0.2) is 64.5 Å². The second-order valence-corrected chi connectivity index (χ2v) is 13.4. The quantitative estimate of drug-likeness (QED) is 0.134. The molecule has 1 heterocycles. The topological polar surface area (TPSA) is 139 Å². The molecule has 0 unspecified atom stereocenters. The Kier molecular flexibility index (Phi) is 11.4. The number of nitrogens with one attached hydrogen (secondary N) is 2. The fraction of sp³-hybridized carbons (Fsp3) is 0.545. The Labute approximate surface area is 267 Å². The van der Waals surface area contributed by atoms with Crippen molar-refractivity contribution in [3.8, 4) is 5.75 Å². The highest BCUT2D eigenvalue weighted by atomic mass is 79.9. The number of rotatable bonds is 13. The fourth-order valence-corrected chi connectivity index (χ4v) is 5.74. The van der Waals surface area contributed by atoms with Gasteiger partial charge in [0.25, 0.3) is 5.91 Å². The monoisotopic (exact) mass is 673 g/mol. The number of carbonyl (C=O) groups excluding carboxylic acids is 2. The normalized spacial score (nSPS) is 21.2. The molecule has 1 fully saturated rings. The number of nitrogens with zero attached hydrogens (tertiary/aromatic N) is 1. The highest BCUT2D eigenvalue weighted by molar-refractivity contribution is 9.10. The summed E-state index contributed by atoms with van der Waals surface area (Å²) in [4.78, 5) is 32.0. The molecule has 0 bridgehead atoms. The summed E-state index contributed by atoms with van der Waals surface area (Å²) in [5.41, 5.74) is 3.98. The van der Waals surface area contributed by atoms with E-state index < -0.39 is 34.7 Å². The van der Waals surface area contributed by atoms with Gasteiger partial charge in [-0.15, -0.1) is 0 Å². The molecule has 1 aliphatic carbocycles. The third-order valence-electron chi connectivity index (χ3n) is 7.74. The second kappa shape index (κ2) is 14.9. The lowest BCUT2D eigenvalue weighted by atomic mass is 9.83. The highest BCUT2D eigenvalue weighted by Crippen LogP contribution is 2.43. The van der Waals surface area contributed by atoms with Gasteiger partial charge in [0.15, 0.2) is 11.6 Å². The lowest BCUT2D eigenvalue weighted by Crippen LogP contribution is -2.56. The van der Waals surface area contributed by atoms with E-state index in [2.05, 4.69) is 26.8 Å². The van der Waals surface area contributed by atoms with Gasteiger partial charge in [0.05, 0.1) is 12.2 Å². The predicted octanol–water partition coefficient (Wildman–Crippen LogP) is 4.91. The van der Waals surface area contributed by atoms with Crippen LogP contribution in [0.25, 0.3) is 0 Å². The van der Waals surface area contributed by atoms with Crippen molar-refractivity contribution in [2.75, 3.05) is 19.8 Å². The van der Waals surface area contributed by atoms with Crippen LogP contribution in [0.15, 0.2) is 58.0 Å². The van der Waals surface area contributed by atoms with Crippen LogP contribution in [-0.2, 0) is 19.1 Å². The summed E-state index contributed by atoms with van der Waals surface area (Å²) in [6.07, 6.45) is 3.89. The number of hydrazine groups is 1. The van der Waals surface area contributed by atoms with Crippen molar-refractivity contribution in [1.82, 2.24) is 10.9 Å². The van der Waals surface area contributed by atoms with E-state index in [1.807, 2.05) is 24.3 Å². The van der Waals surface area contributed by atoms with Gasteiger partial charge in [0.2, 0.25) is 5.90 Å². The maximum absolute atomic E-state index is 14.2. The second-order valence-electron chi connectivity index (χ2n) is 12.5. The molecule has 0 radical (unpaired) electrons. The van der Waals surface area contributed by atoms with Crippen molar-refractivity contribution in [2.45, 2.75) is 95.0 Å². The lowest BCUT2D eigenvalue weighted by molar-refractivity contribution is -0.155. The van der Waals surface area contributed by atoms with E-state index in [-0.39, 0.29) is 31.9 Å². The Morgan fingerprint density at radius 3 is 2.39 bits per heavy atom. The van der Waals surface area contributed by atoms with Crippen molar-refractivity contribution in [3.63, 3.8) is 0 Å². The van der Waals surface area contributed by atoms with Gasteiger partial charge in [-0.25, -0.2) is 10.4 Å². The first-order chi connectivity index (χ1) is 20.9. The number of hydrogen-bond acceptors (Lipinski definition) is 9. The molecule has 1 saturated carbocycles. The molecule has 10 nitrogen and oxygen atoms in total. The summed E-state index contributed by atoms with van der Waals surface area (Å²) < 4.78 is 18.6. The highest BCUT2D eigenvalue weighted by Gasteiger charge is 2.53. The maximum atomic E-state index is 14.2. The summed E-state index contributed by atoms with van der Waals surface area (Å²) in [7, 11) is 0. The van der Waals surface area contributed by atoms with Crippen molar-refractivity contribution < 1.29 is 34.0 Å². The SMILES string of the molecule is CC(C)(C)OC(=O)CC[C@]1(C(=O)NNCC2(O)CCCCC2)N=C(c2ccc(OCCCO)cc2)O[C@H]1c1ccc(Br)cc1. The number of benzene rings is 2. The minimum Gasteiger partial charge on any atom is -0.494 e. The smallest absolute Gasteiger partial charge is 0.306 e. The van der Waals surface area contributed by atoms with E-state index in [0.717, 1.165) is 23.7 Å². The average Bonchev–Trinajstić information content (AvgIpc) is 3.37. The first-order valence-corrected chi connectivity index (χ1v) is 16.1. The standard InChI is InChI=1S/C33H44BrN3O7/c1-31(2,3)44-27(39)16-19-33(30(40)37-35-22-32(41)17-5-4-6-18-32)28(23-8-12-25(34)13-9-23)43-29(36-33)24-10-14-26(15-11-24)42-21-7-20-38/h8-15,28,35,38,41H,4-7,16-22H2,1-3H3,(H,37,40)/t28-,33-/m0/s1. The zero-order valence-corrected chi connectivity index (χ0v) is 27.3. The molecule has 240 valence electrons. The molecule has 2 aliphatic rings. The molecular formula is C33H44BrN3O7. The number of ether oxygens (including phenoxy) is 3. The van der Waals surface area contributed by atoms with Gasteiger partial charge in [-0.1, -0.05) is 47.3 Å². The third-order valence-corrected chi connectivity index (χ3v) is 8.27. The molecule has 4 rings (SSSR count). The van der Waals surface area contributed by atoms with Gasteiger partial charge in [0, 0.05) is 36.0 Å². The fourth-order valence-electron chi connectivity index (χ4n) is 5.48. The van der Waals surface area contributed by atoms with Crippen LogP contribution in [0.5, 0.6) is 5.75 Å². The van der Waals surface area contributed by atoms with Gasteiger partial charge < -0.3 is 24.4 Å². The zero-order chi connectivity index (χ0) is 31.8. The average molecular weight is 675 g/mol. The van der Waals surface area contributed by atoms with Gasteiger partial charge in [-0.05, 0) is 82.0 Å². The van der Waals surface area contributed by atoms with Crippen LogP contribution in [0.1, 0.15) is 89.4 Å². The van der Waals surface area contributed by atoms with Crippen LogP contribution in [0.4, 0.5) is 0 Å². The number of esters is 1. The van der Waals surface area contributed by atoms with Crippen molar-refractivity contribution in [2.24, 2.45) is 4.99 Å². The number of aliphatic imine (C=N–C) groups is 1. The largest absolute Gasteiger partial charge is 0.494 e. The summed E-state index contributed by atoms with van der Waals surface area (Å²) in [5, 5.41) is 20.0. The van der Waals surface area contributed by atoms with Crippen molar-refractivity contribution in [3.05, 3.63) is 64.1 Å². The number of hydrogen-bond donors (Lipinski definition) is 4. The summed E-state index contributed by atoms with van der Waals surface area (Å²) in [6.45, 7) is 6.01. The number of halogens is 1. The van der Waals surface area contributed by atoms with E-state index in [9.17, 15) is 14.7 Å². The van der Waals surface area contributed by atoms with Gasteiger partial charge in [0.1, 0.15) is 11.4 Å².